The van der Waals surface area contributed by atoms with E-state index in [-0.39, 0.29) is 5.78 Å². The van der Waals surface area contributed by atoms with Gasteiger partial charge in [-0.15, -0.1) is 10.2 Å². The van der Waals surface area contributed by atoms with E-state index in [9.17, 15) is 4.79 Å². The zero-order valence-corrected chi connectivity index (χ0v) is 19.2. The van der Waals surface area contributed by atoms with Gasteiger partial charge in [-0.2, -0.15) is 0 Å². The van der Waals surface area contributed by atoms with Crippen molar-refractivity contribution in [2.45, 2.75) is 50.2 Å². The number of hydrogen-bond acceptors (Lipinski definition) is 5. The molecule has 5 nitrogen and oxygen atoms in total. The molecule has 7 heteroatoms. The Kier molecular flexibility index (Phi) is 7.30. The van der Waals surface area contributed by atoms with E-state index in [1.165, 1.54) is 31.0 Å². The van der Waals surface area contributed by atoms with Crippen LogP contribution >= 0.6 is 23.4 Å². The lowest BCUT2D eigenvalue weighted by molar-refractivity contribution is 0.102. The molecule has 162 valence electrons. The van der Waals surface area contributed by atoms with Crippen molar-refractivity contribution in [2.24, 2.45) is 0 Å². The fourth-order valence-electron chi connectivity index (χ4n) is 3.96. The van der Waals surface area contributed by atoms with E-state index < -0.39 is 0 Å². The number of aromatic nitrogens is 3. The molecular formula is C24H26ClN3O2S. The van der Waals surface area contributed by atoms with Crippen LogP contribution in [0.1, 0.15) is 55.4 Å². The molecule has 1 aliphatic carbocycles. The second-order valence-corrected chi connectivity index (χ2v) is 9.02. The van der Waals surface area contributed by atoms with Crippen LogP contribution < -0.4 is 4.74 Å². The van der Waals surface area contributed by atoms with Crippen LogP contribution in [-0.2, 0) is 0 Å². The van der Waals surface area contributed by atoms with Crippen molar-refractivity contribution in [3.63, 3.8) is 0 Å². The fourth-order valence-corrected chi connectivity index (χ4v) is 4.98. The molecule has 0 amide bonds. The highest BCUT2D eigenvalue weighted by molar-refractivity contribution is 7.99. The highest BCUT2D eigenvalue weighted by Gasteiger charge is 2.24. The zero-order chi connectivity index (χ0) is 21.6. The summed E-state index contributed by atoms with van der Waals surface area (Å²) in [6, 6.07) is 15.4. The van der Waals surface area contributed by atoms with Gasteiger partial charge in [0.05, 0.1) is 12.4 Å². The molecule has 0 atom stereocenters. The van der Waals surface area contributed by atoms with E-state index in [4.69, 9.17) is 16.3 Å². The lowest BCUT2D eigenvalue weighted by atomic mass is 9.95. The van der Waals surface area contributed by atoms with E-state index in [0.717, 1.165) is 35.1 Å². The van der Waals surface area contributed by atoms with E-state index >= 15 is 0 Å². The molecule has 0 radical (unpaired) electrons. The fraction of sp³-hybridized carbons (Fsp3) is 0.375. The summed E-state index contributed by atoms with van der Waals surface area (Å²) in [6.07, 6.45) is 5.90. The van der Waals surface area contributed by atoms with Gasteiger partial charge in [-0.1, -0.05) is 42.6 Å². The molecule has 1 aromatic heterocycles. The maximum Gasteiger partial charge on any atom is 0.192 e. The van der Waals surface area contributed by atoms with E-state index in [1.807, 2.05) is 55.5 Å². The summed E-state index contributed by atoms with van der Waals surface area (Å²) in [7, 11) is 0. The molecule has 1 fully saturated rings. The number of benzene rings is 2. The average Bonchev–Trinajstić information content (AvgIpc) is 3.23. The second-order valence-electron chi connectivity index (χ2n) is 7.64. The van der Waals surface area contributed by atoms with Crippen LogP contribution in [0.4, 0.5) is 0 Å². The molecule has 31 heavy (non-hydrogen) atoms. The Morgan fingerprint density at radius 1 is 1.06 bits per heavy atom. The molecule has 0 spiro atoms. The molecule has 3 aromatic rings. The quantitative estimate of drug-likeness (QED) is 0.287. The van der Waals surface area contributed by atoms with Crippen LogP contribution in [0.25, 0.3) is 11.4 Å². The van der Waals surface area contributed by atoms with Gasteiger partial charge < -0.3 is 4.74 Å². The highest BCUT2D eigenvalue weighted by atomic mass is 35.5. The van der Waals surface area contributed by atoms with E-state index in [0.29, 0.717) is 29.0 Å². The molecule has 0 unspecified atom stereocenters. The first-order chi connectivity index (χ1) is 15.2. The standard InChI is InChI=1S/C24H26ClN3O2S/c1-2-30-21-14-10-17(11-15-21)22(29)16-31-24-27-26-23(18-8-12-19(25)13-9-18)28(24)20-6-4-3-5-7-20/h8-15,20H,2-7,16H2,1H3. The Balaban J connectivity index is 1.54. The number of thioether (sulfide) groups is 1. The van der Waals surface area contributed by atoms with Gasteiger partial charge in [0.1, 0.15) is 5.75 Å². The monoisotopic (exact) mass is 455 g/mol. The Morgan fingerprint density at radius 3 is 2.45 bits per heavy atom. The first kappa shape index (κ1) is 21.9. The third-order valence-corrected chi connectivity index (χ3v) is 6.72. The lowest BCUT2D eigenvalue weighted by Crippen LogP contribution is -2.15. The van der Waals surface area contributed by atoms with Gasteiger partial charge in [-0.25, -0.2) is 0 Å². The minimum absolute atomic E-state index is 0.0688. The number of nitrogens with zero attached hydrogens (tertiary/aromatic N) is 3. The Labute approximate surface area is 192 Å². The van der Waals surface area contributed by atoms with E-state index in [1.54, 1.807) is 0 Å². The second kappa shape index (κ2) is 10.3. The summed E-state index contributed by atoms with van der Waals surface area (Å²) < 4.78 is 7.69. The van der Waals surface area contributed by atoms with Crippen molar-refractivity contribution in [1.82, 2.24) is 14.8 Å². The molecule has 0 N–H and O–H groups in total. The Bertz CT molecular complexity index is 1010. The molecule has 2 aromatic carbocycles. The minimum atomic E-state index is 0.0688. The Hall–Kier alpha value is -2.31. The number of hydrogen-bond donors (Lipinski definition) is 0. The van der Waals surface area contributed by atoms with E-state index in [2.05, 4.69) is 14.8 Å². The van der Waals surface area contributed by atoms with Crippen molar-refractivity contribution < 1.29 is 9.53 Å². The summed E-state index contributed by atoms with van der Waals surface area (Å²) in [6.45, 7) is 2.55. The summed E-state index contributed by atoms with van der Waals surface area (Å²) in [5.41, 5.74) is 1.67. The van der Waals surface area contributed by atoms with Crippen molar-refractivity contribution in [3.8, 4) is 17.1 Å². The van der Waals surface area contributed by atoms with Crippen molar-refractivity contribution >= 4 is 29.1 Å². The highest BCUT2D eigenvalue weighted by Crippen LogP contribution is 2.36. The van der Waals surface area contributed by atoms with Crippen molar-refractivity contribution in [2.75, 3.05) is 12.4 Å². The summed E-state index contributed by atoms with van der Waals surface area (Å²) in [5.74, 6) is 2.01. The van der Waals surface area contributed by atoms with Gasteiger partial charge >= 0.3 is 0 Å². The third kappa shape index (κ3) is 5.31. The van der Waals surface area contributed by atoms with Crippen LogP contribution in [0.15, 0.2) is 53.7 Å². The molecule has 0 aliphatic heterocycles. The maximum absolute atomic E-state index is 12.8. The van der Waals surface area contributed by atoms with Gasteiger partial charge in [-0.3, -0.25) is 9.36 Å². The molecule has 1 aliphatic rings. The SMILES string of the molecule is CCOc1ccc(C(=O)CSc2nnc(-c3ccc(Cl)cc3)n2C2CCCCC2)cc1. The molecule has 1 saturated carbocycles. The Morgan fingerprint density at radius 2 is 1.77 bits per heavy atom. The summed E-state index contributed by atoms with van der Waals surface area (Å²) in [5, 5.41) is 10.5. The number of carbonyl (C=O) groups excluding carboxylic acids is 1. The van der Waals surface area contributed by atoms with Crippen LogP contribution in [0, 0.1) is 0 Å². The molecule has 1 heterocycles. The smallest absolute Gasteiger partial charge is 0.192 e. The number of ketones is 1. The number of rotatable bonds is 8. The zero-order valence-electron chi connectivity index (χ0n) is 17.6. The first-order valence-electron chi connectivity index (χ1n) is 10.8. The molecular weight excluding hydrogens is 430 g/mol. The number of ether oxygens (including phenoxy) is 1. The maximum atomic E-state index is 12.8. The summed E-state index contributed by atoms with van der Waals surface area (Å²) >= 11 is 7.53. The number of Topliss-reactive ketones (excluding diaryl/α,β-unsaturated/α-hetero) is 1. The van der Waals surface area contributed by atoms with Gasteiger partial charge in [0.25, 0.3) is 0 Å². The van der Waals surface area contributed by atoms with Crippen LogP contribution in [0.3, 0.4) is 0 Å². The van der Waals surface area contributed by atoms with Crippen molar-refractivity contribution in [1.29, 1.82) is 0 Å². The lowest BCUT2D eigenvalue weighted by Gasteiger charge is -2.25. The van der Waals surface area contributed by atoms with Gasteiger partial charge in [0.2, 0.25) is 0 Å². The third-order valence-electron chi connectivity index (χ3n) is 5.53. The predicted octanol–water partition coefficient (Wildman–Crippen LogP) is 6.48. The van der Waals surface area contributed by atoms with Crippen LogP contribution in [0.2, 0.25) is 5.02 Å². The largest absolute Gasteiger partial charge is 0.494 e. The van der Waals surface area contributed by atoms with Gasteiger partial charge in [0, 0.05) is 22.2 Å². The van der Waals surface area contributed by atoms with Gasteiger partial charge in [0.15, 0.2) is 16.8 Å². The van der Waals surface area contributed by atoms with Crippen molar-refractivity contribution in [3.05, 3.63) is 59.1 Å². The number of halogens is 1. The van der Waals surface area contributed by atoms with Gasteiger partial charge in [-0.05, 0) is 68.3 Å². The normalized spacial score (nSPS) is 14.5. The first-order valence-corrected chi connectivity index (χ1v) is 12.1. The number of carbonyl (C=O) groups is 1. The van der Waals surface area contributed by atoms with Crippen LogP contribution in [0.5, 0.6) is 5.75 Å². The topological polar surface area (TPSA) is 57.0 Å². The van der Waals surface area contributed by atoms with Crippen LogP contribution in [-0.4, -0.2) is 32.9 Å². The molecule has 0 bridgehead atoms. The summed E-state index contributed by atoms with van der Waals surface area (Å²) in [4.78, 5) is 12.8. The molecule has 0 saturated heterocycles. The average molecular weight is 456 g/mol. The minimum Gasteiger partial charge on any atom is -0.494 e. The molecule has 4 rings (SSSR count). The predicted molar refractivity (Wildman–Crippen MR) is 125 cm³/mol.